The molecule has 1 N–H and O–H groups in total. The van der Waals surface area contributed by atoms with E-state index in [1.54, 1.807) is 6.07 Å². The molecule has 2 aromatic carbocycles. The molecular weight excluding hydrogens is 324 g/mol. The molecule has 1 heterocycles. The van der Waals surface area contributed by atoms with Gasteiger partial charge in [-0.15, -0.1) is 0 Å². The van der Waals surface area contributed by atoms with Crippen molar-refractivity contribution < 1.29 is 19.2 Å². The first-order valence-electron chi connectivity index (χ1n) is 6.70. The van der Waals surface area contributed by atoms with Gasteiger partial charge < -0.3 is 14.8 Å². The van der Waals surface area contributed by atoms with E-state index in [2.05, 4.69) is 5.32 Å². The minimum Gasteiger partial charge on any atom is -0.486 e. The van der Waals surface area contributed by atoms with Crippen LogP contribution in [0.25, 0.3) is 0 Å². The Hall–Kier alpha value is -2.80. The van der Waals surface area contributed by atoms with Gasteiger partial charge in [-0.2, -0.15) is 0 Å². The second-order valence-corrected chi connectivity index (χ2v) is 5.11. The molecule has 0 unspecified atom stereocenters. The van der Waals surface area contributed by atoms with Gasteiger partial charge in [-0.3, -0.25) is 14.9 Å². The first kappa shape index (κ1) is 15.1. The second-order valence-electron chi connectivity index (χ2n) is 4.70. The van der Waals surface area contributed by atoms with Gasteiger partial charge in [0.15, 0.2) is 11.5 Å². The zero-order valence-corrected chi connectivity index (χ0v) is 12.5. The summed E-state index contributed by atoms with van der Waals surface area (Å²) in [5, 5.41) is 13.8. The molecule has 1 amide bonds. The van der Waals surface area contributed by atoms with Crippen LogP contribution in [-0.2, 0) is 0 Å². The summed E-state index contributed by atoms with van der Waals surface area (Å²) in [4.78, 5) is 22.7. The molecule has 0 fully saturated rings. The lowest BCUT2D eigenvalue weighted by Gasteiger charge is -2.20. The molecule has 7 nitrogen and oxygen atoms in total. The fraction of sp³-hybridized carbons (Fsp3) is 0.133. The molecule has 0 radical (unpaired) electrons. The number of benzene rings is 2. The molecule has 0 spiro atoms. The number of fused-ring (bicyclic) bond motifs is 1. The molecule has 23 heavy (non-hydrogen) atoms. The zero-order chi connectivity index (χ0) is 16.4. The fourth-order valence-corrected chi connectivity index (χ4v) is 2.38. The Bertz CT molecular complexity index is 793. The summed E-state index contributed by atoms with van der Waals surface area (Å²) in [5.41, 5.74) is -0.0406. The fourth-order valence-electron chi connectivity index (χ4n) is 2.17. The summed E-state index contributed by atoms with van der Waals surface area (Å²) in [6.07, 6.45) is 0. The summed E-state index contributed by atoms with van der Waals surface area (Å²) >= 11 is 6.11. The van der Waals surface area contributed by atoms with E-state index in [1.165, 1.54) is 30.3 Å². The number of nitrogens with zero attached hydrogens (tertiary/aromatic N) is 1. The summed E-state index contributed by atoms with van der Waals surface area (Å²) in [5.74, 6) is 0.319. The van der Waals surface area contributed by atoms with Crippen molar-refractivity contribution in [3.8, 4) is 11.5 Å². The molecule has 0 atom stereocenters. The molecule has 0 saturated carbocycles. The highest BCUT2D eigenvalue weighted by molar-refractivity contribution is 6.34. The average Bonchev–Trinajstić information content (AvgIpc) is 2.55. The van der Waals surface area contributed by atoms with Crippen LogP contribution in [0, 0.1) is 10.1 Å². The standard InChI is InChI=1S/C15H11ClN2O5/c16-10-7-13-14(23-6-5-22-13)8-11(10)17-15(19)9-3-1-2-4-12(9)18(20)21/h1-4,7-8H,5-6H2,(H,17,19). The lowest BCUT2D eigenvalue weighted by Crippen LogP contribution is -2.17. The Morgan fingerprint density at radius 3 is 2.52 bits per heavy atom. The van der Waals surface area contributed by atoms with Crippen LogP contribution in [0.2, 0.25) is 5.02 Å². The van der Waals surface area contributed by atoms with Crippen molar-refractivity contribution in [1.29, 1.82) is 0 Å². The SMILES string of the molecule is O=C(Nc1cc2c(cc1Cl)OCCO2)c1ccccc1[N+](=O)[O-]. The molecule has 8 heteroatoms. The number of amides is 1. The lowest BCUT2D eigenvalue weighted by molar-refractivity contribution is -0.385. The number of halogens is 1. The number of nitrogens with one attached hydrogen (secondary N) is 1. The summed E-state index contributed by atoms with van der Waals surface area (Å²) in [7, 11) is 0. The monoisotopic (exact) mass is 334 g/mol. The van der Waals surface area contributed by atoms with Gasteiger partial charge in [0.25, 0.3) is 11.6 Å². The van der Waals surface area contributed by atoms with Crippen molar-refractivity contribution in [2.24, 2.45) is 0 Å². The number of anilines is 1. The highest BCUT2D eigenvalue weighted by atomic mass is 35.5. The smallest absolute Gasteiger partial charge is 0.282 e. The van der Waals surface area contributed by atoms with E-state index in [0.717, 1.165) is 0 Å². The van der Waals surface area contributed by atoms with Crippen LogP contribution < -0.4 is 14.8 Å². The van der Waals surface area contributed by atoms with Gasteiger partial charge in [0, 0.05) is 18.2 Å². The quantitative estimate of drug-likeness (QED) is 0.687. The molecule has 118 valence electrons. The molecule has 2 aromatic rings. The highest BCUT2D eigenvalue weighted by Crippen LogP contribution is 2.38. The molecule has 1 aliphatic heterocycles. The van der Waals surface area contributed by atoms with Gasteiger partial charge in [0.1, 0.15) is 18.8 Å². The molecule has 0 saturated heterocycles. The average molecular weight is 335 g/mol. The van der Waals surface area contributed by atoms with Crippen LogP contribution in [0.1, 0.15) is 10.4 Å². The van der Waals surface area contributed by atoms with Crippen LogP contribution in [-0.4, -0.2) is 24.0 Å². The van der Waals surface area contributed by atoms with Gasteiger partial charge >= 0.3 is 0 Å². The largest absolute Gasteiger partial charge is 0.486 e. The van der Waals surface area contributed by atoms with Gasteiger partial charge in [0.2, 0.25) is 0 Å². The first-order chi connectivity index (χ1) is 11.1. The zero-order valence-electron chi connectivity index (χ0n) is 11.7. The Morgan fingerprint density at radius 2 is 1.83 bits per heavy atom. The first-order valence-corrected chi connectivity index (χ1v) is 7.08. The van der Waals surface area contributed by atoms with E-state index in [9.17, 15) is 14.9 Å². The van der Waals surface area contributed by atoms with Crippen molar-refractivity contribution in [2.45, 2.75) is 0 Å². The van der Waals surface area contributed by atoms with Crippen LogP contribution in [0.3, 0.4) is 0 Å². The number of para-hydroxylation sites is 1. The van der Waals surface area contributed by atoms with Gasteiger partial charge in [-0.05, 0) is 6.07 Å². The van der Waals surface area contributed by atoms with E-state index < -0.39 is 10.8 Å². The molecule has 3 rings (SSSR count). The maximum absolute atomic E-state index is 12.3. The van der Waals surface area contributed by atoms with Gasteiger partial charge in [0.05, 0.1) is 15.6 Å². The van der Waals surface area contributed by atoms with Crippen LogP contribution in [0.5, 0.6) is 11.5 Å². The molecule has 0 aliphatic carbocycles. The number of carbonyl (C=O) groups excluding carboxylic acids is 1. The van der Waals surface area contributed by atoms with Crippen LogP contribution in [0.15, 0.2) is 36.4 Å². The lowest BCUT2D eigenvalue weighted by atomic mass is 10.1. The van der Waals surface area contributed by atoms with E-state index in [0.29, 0.717) is 30.4 Å². The van der Waals surface area contributed by atoms with Crippen molar-refractivity contribution in [2.75, 3.05) is 18.5 Å². The predicted molar refractivity (Wildman–Crippen MR) is 83.5 cm³/mol. The summed E-state index contributed by atoms with van der Waals surface area (Å²) < 4.78 is 10.8. The van der Waals surface area contributed by atoms with Gasteiger partial charge in [-0.25, -0.2) is 0 Å². The third kappa shape index (κ3) is 3.04. The Morgan fingerprint density at radius 1 is 1.17 bits per heavy atom. The molecular formula is C15H11ClN2O5. The van der Waals surface area contributed by atoms with Crippen molar-refractivity contribution in [3.05, 3.63) is 57.1 Å². The van der Waals surface area contributed by atoms with E-state index in [4.69, 9.17) is 21.1 Å². The Kier molecular flexibility index (Phi) is 4.03. The molecule has 1 aliphatic rings. The third-order valence-corrected chi connectivity index (χ3v) is 3.54. The van der Waals surface area contributed by atoms with E-state index in [-0.39, 0.29) is 16.3 Å². The highest BCUT2D eigenvalue weighted by Gasteiger charge is 2.21. The van der Waals surface area contributed by atoms with Crippen molar-refractivity contribution >= 4 is 28.9 Å². The van der Waals surface area contributed by atoms with Crippen molar-refractivity contribution in [3.63, 3.8) is 0 Å². The number of rotatable bonds is 3. The van der Waals surface area contributed by atoms with Crippen molar-refractivity contribution in [1.82, 2.24) is 0 Å². The number of nitro groups is 1. The number of nitro benzene ring substituents is 1. The topological polar surface area (TPSA) is 90.7 Å². The summed E-state index contributed by atoms with van der Waals surface area (Å²) in [6, 6.07) is 8.74. The van der Waals surface area contributed by atoms with Crippen LogP contribution >= 0.6 is 11.6 Å². The molecule has 0 aromatic heterocycles. The van der Waals surface area contributed by atoms with Gasteiger partial charge in [-0.1, -0.05) is 23.7 Å². The molecule has 0 bridgehead atoms. The van der Waals surface area contributed by atoms with Crippen LogP contribution in [0.4, 0.5) is 11.4 Å². The number of ether oxygens (including phenoxy) is 2. The minimum atomic E-state index is -0.629. The predicted octanol–water partition coefficient (Wildman–Crippen LogP) is 3.27. The normalized spacial score (nSPS) is 12.6. The third-order valence-electron chi connectivity index (χ3n) is 3.23. The maximum Gasteiger partial charge on any atom is 0.282 e. The minimum absolute atomic E-state index is 0.0524. The number of hydrogen-bond acceptors (Lipinski definition) is 5. The van der Waals surface area contributed by atoms with E-state index >= 15 is 0 Å². The number of carbonyl (C=O) groups is 1. The maximum atomic E-state index is 12.3. The second kappa shape index (κ2) is 6.13. The number of hydrogen-bond donors (Lipinski definition) is 1. The Balaban J connectivity index is 1.90. The Labute approximate surface area is 135 Å². The summed E-state index contributed by atoms with van der Waals surface area (Å²) in [6.45, 7) is 0.817. The van der Waals surface area contributed by atoms with E-state index in [1.807, 2.05) is 0 Å².